The van der Waals surface area contributed by atoms with Gasteiger partial charge in [-0.3, -0.25) is 0 Å². The molecule has 0 fully saturated rings. The van der Waals surface area contributed by atoms with Crippen LogP contribution in [0.25, 0.3) is 5.65 Å². The van der Waals surface area contributed by atoms with E-state index >= 15 is 0 Å². The van der Waals surface area contributed by atoms with Crippen molar-refractivity contribution in [3.05, 3.63) is 28.1 Å². The Hall–Kier alpha value is -0.900. The van der Waals surface area contributed by atoms with Gasteiger partial charge >= 0.3 is 0 Å². The zero-order valence-electron chi connectivity index (χ0n) is 6.87. The van der Waals surface area contributed by atoms with Crippen molar-refractivity contribution >= 4 is 21.6 Å². The molecule has 12 heavy (non-hydrogen) atoms. The van der Waals surface area contributed by atoms with E-state index in [-0.39, 0.29) is 0 Å². The summed E-state index contributed by atoms with van der Waals surface area (Å²) in [7, 11) is 0. The monoisotopic (exact) mass is 225 g/mol. The molecule has 2 aromatic rings. The van der Waals surface area contributed by atoms with Gasteiger partial charge in [-0.15, -0.1) is 0 Å². The highest BCUT2D eigenvalue weighted by molar-refractivity contribution is 9.10. The van der Waals surface area contributed by atoms with Crippen LogP contribution in [0.15, 0.2) is 16.6 Å². The van der Waals surface area contributed by atoms with Gasteiger partial charge in [0.15, 0.2) is 5.65 Å². The van der Waals surface area contributed by atoms with Crippen LogP contribution in [-0.4, -0.2) is 14.6 Å². The second-order valence-electron chi connectivity index (χ2n) is 2.72. The summed E-state index contributed by atoms with van der Waals surface area (Å²) in [5.74, 6) is 0.796. The number of hydrogen-bond donors (Lipinski definition) is 0. The van der Waals surface area contributed by atoms with Gasteiger partial charge in [0.2, 0.25) is 0 Å². The van der Waals surface area contributed by atoms with Crippen LogP contribution in [0.2, 0.25) is 0 Å². The van der Waals surface area contributed by atoms with Crippen molar-refractivity contribution in [2.75, 3.05) is 0 Å². The summed E-state index contributed by atoms with van der Waals surface area (Å²) in [6.07, 6.45) is 0. The first-order valence-electron chi connectivity index (χ1n) is 3.67. The number of aryl methyl sites for hydroxylation is 2. The summed E-state index contributed by atoms with van der Waals surface area (Å²) in [6, 6.07) is 3.99. The van der Waals surface area contributed by atoms with Gasteiger partial charge < -0.3 is 0 Å². The molecule has 0 saturated carbocycles. The molecule has 0 aliphatic rings. The number of pyridine rings is 1. The quantitative estimate of drug-likeness (QED) is 0.688. The number of aromatic nitrogens is 3. The highest BCUT2D eigenvalue weighted by atomic mass is 79.9. The summed E-state index contributed by atoms with van der Waals surface area (Å²) in [5, 5.41) is 4.25. The molecule has 62 valence electrons. The molecular formula is C8H8BrN3. The molecule has 3 nitrogen and oxygen atoms in total. The van der Waals surface area contributed by atoms with E-state index < -0.39 is 0 Å². The smallest absolute Gasteiger partial charge is 0.170 e. The Balaban J connectivity index is 2.93. The van der Waals surface area contributed by atoms with Crippen molar-refractivity contribution < 1.29 is 0 Å². The normalized spacial score (nSPS) is 10.9. The molecule has 0 aliphatic carbocycles. The first-order chi connectivity index (χ1) is 5.68. The topological polar surface area (TPSA) is 30.2 Å². The largest absolute Gasteiger partial charge is 0.217 e. The van der Waals surface area contributed by atoms with Crippen molar-refractivity contribution in [1.29, 1.82) is 0 Å². The van der Waals surface area contributed by atoms with Crippen molar-refractivity contribution in [1.82, 2.24) is 14.6 Å². The maximum absolute atomic E-state index is 4.28. The molecule has 0 atom stereocenters. The molecular weight excluding hydrogens is 218 g/mol. The Morgan fingerprint density at radius 3 is 2.75 bits per heavy atom. The molecule has 2 rings (SSSR count). The number of hydrogen-bond acceptors (Lipinski definition) is 2. The molecule has 0 bridgehead atoms. The fourth-order valence-corrected chi connectivity index (χ4v) is 1.54. The molecule has 0 radical (unpaired) electrons. The lowest BCUT2D eigenvalue weighted by Gasteiger charge is -1.97. The summed E-state index contributed by atoms with van der Waals surface area (Å²) in [4.78, 5) is 4.28. The van der Waals surface area contributed by atoms with Crippen LogP contribution in [0.5, 0.6) is 0 Å². The van der Waals surface area contributed by atoms with Gasteiger partial charge in [-0.1, -0.05) is 0 Å². The predicted molar refractivity (Wildman–Crippen MR) is 50.2 cm³/mol. The Labute approximate surface area is 78.6 Å². The average Bonchev–Trinajstić information content (AvgIpc) is 2.41. The molecule has 0 aliphatic heterocycles. The van der Waals surface area contributed by atoms with Crippen molar-refractivity contribution in [2.45, 2.75) is 13.8 Å². The van der Waals surface area contributed by atoms with E-state index in [1.807, 2.05) is 30.5 Å². The van der Waals surface area contributed by atoms with Gasteiger partial charge in [-0.05, 0) is 41.9 Å². The second-order valence-corrected chi connectivity index (χ2v) is 3.57. The third kappa shape index (κ3) is 1.03. The number of fused-ring (bicyclic) bond motifs is 1. The molecule has 0 saturated heterocycles. The minimum absolute atomic E-state index is 0.796. The zero-order chi connectivity index (χ0) is 8.72. The lowest BCUT2D eigenvalue weighted by atomic mass is 10.4. The lowest BCUT2D eigenvalue weighted by molar-refractivity contribution is 0.890. The van der Waals surface area contributed by atoms with Crippen molar-refractivity contribution in [3.8, 4) is 0 Å². The van der Waals surface area contributed by atoms with Gasteiger partial charge in [0.25, 0.3) is 0 Å². The van der Waals surface area contributed by atoms with Crippen LogP contribution in [0.3, 0.4) is 0 Å². The van der Waals surface area contributed by atoms with Crippen LogP contribution in [0.1, 0.15) is 11.5 Å². The Morgan fingerprint density at radius 1 is 1.33 bits per heavy atom. The fraction of sp³-hybridized carbons (Fsp3) is 0.250. The van der Waals surface area contributed by atoms with E-state index in [2.05, 4.69) is 26.0 Å². The molecule has 2 heterocycles. The SMILES string of the molecule is Cc1nc2c(Br)ccc(C)n2n1. The molecule has 0 N–H and O–H groups in total. The summed E-state index contributed by atoms with van der Waals surface area (Å²) < 4.78 is 2.81. The van der Waals surface area contributed by atoms with E-state index in [4.69, 9.17) is 0 Å². The predicted octanol–water partition coefficient (Wildman–Crippen LogP) is 2.11. The Bertz CT molecular complexity index is 394. The molecule has 0 spiro atoms. The van der Waals surface area contributed by atoms with E-state index in [1.54, 1.807) is 0 Å². The van der Waals surface area contributed by atoms with Gasteiger partial charge in [-0.2, -0.15) is 5.10 Å². The van der Waals surface area contributed by atoms with Crippen molar-refractivity contribution in [2.24, 2.45) is 0 Å². The summed E-state index contributed by atoms with van der Waals surface area (Å²) in [6.45, 7) is 3.90. The number of nitrogens with zero attached hydrogens (tertiary/aromatic N) is 3. The van der Waals surface area contributed by atoms with Gasteiger partial charge in [0, 0.05) is 5.69 Å². The van der Waals surface area contributed by atoms with Crippen LogP contribution >= 0.6 is 15.9 Å². The summed E-state index contributed by atoms with van der Waals surface area (Å²) in [5.41, 5.74) is 1.97. The highest BCUT2D eigenvalue weighted by Crippen LogP contribution is 2.17. The van der Waals surface area contributed by atoms with Crippen LogP contribution in [-0.2, 0) is 0 Å². The maximum atomic E-state index is 4.28. The highest BCUT2D eigenvalue weighted by Gasteiger charge is 2.04. The third-order valence-corrected chi connectivity index (χ3v) is 2.35. The maximum Gasteiger partial charge on any atom is 0.170 e. The van der Waals surface area contributed by atoms with Gasteiger partial charge in [-0.25, -0.2) is 9.50 Å². The Morgan fingerprint density at radius 2 is 2.08 bits per heavy atom. The minimum Gasteiger partial charge on any atom is -0.217 e. The number of rotatable bonds is 0. The van der Waals surface area contributed by atoms with Crippen LogP contribution in [0, 0.1) is 13.8 Å². The lowest BCUT2D eigenvalue weighted by Crippen LogP contribution is -1.92. The van der Waals surface area contributed by atoms with E-state index in [0.717, 1.165) is 21.6 Å². The standard InChI is InChI=1S/C8H8BrN3/c1-5-3-4-7(9)8-10-6(2)11-12(5)8/h3-4H,1-2H3. The third-order valence-electron chi connectivity index (χ3n) is 1.73. The second kappa shape index (κ2) is 2.55. The Kier molecular flexibility index (Phi) is 1.65. The first kappa shape index (κ1) is 7.73. The van der Waals surface area contributed by atoms with E-state index in [1.165, 1.54) is 0 Å². The molecule has 2 aromatic heterocycles. The van der Waals surface area contributed by atoms with Gasteiger partial charge in [0.05, 0.1) is 4.47 Å². The van der Waals surface area contributed by atoms with Crippen LogP contribution in [0.4, 0.5) is 0 Å². The molecule has 0 amide bonds. The minimum atomic E-state index is 0.796. The van der Waals surface area contributed by atoms with Crippen molar-refractivity contribution in [3.63, 3.8) is 0 Å². The number of halogens is 1. The molecule has 0 unspecified atom stereocenters. The average molecular weight is 226 g/mol. The van der Waals surface area contributed by atoms with Crippen LogP contribution < -0.4 is 0 Å². The summed E-state index contributed by atoms with van der Waals surface area (Å²) >= 11 is 3.42. The van der Waals surface area contributed by atoms with E-state index in [0.29, 0.717) is 0 Å². The molecule has 0 aromatic carbocycles. The van der Waals surface area contributed by atoms with E-state index in [9.17, 15) is 0 Å². The zero-order valence-corrected chi connectivity index (χ0v) is 8.46. The first-order valence-corrected chi connectivity index (χ1v) is 4.46. The van der Waals surface area contributed by atoms with Gasteiger partial charge in [0.1, 0.15) is 5.82 Å². The molecule has 4 heteroatoms. The fourth-order valence-electron chi connectivity index (χ4n) is 1.15.